The van der Waals surface area contributed by atoms with Gasteiger partial charge in [0.1, 0.15) is 11.6 Å². The summed E-state index contributed by atoms with van der Waals surface area (Å²) in [6.45, 7) is 1.80. The van der Waals surface area contributed by atoms with E-state index in [9.17, 15) is 14.3 Å². The zero-order valence-electron chi connectivity index (χ0n) is 11.2. The van der Waals surface area contributed by atoms with Crippen molar-refractivity contribution in [2.24, 2.45) is 0 Å². The van der Waals surface area contributed by atoms with Gasteiger partial charge in [-0.25, -0.2) is 4.39 Å². The van der Waals surface area contributed by atoms with Crippen molar-refractivity contribution in [1.29, 1.82) is 0 Å². The van der Waals surface area contributed by atoms with Crippen LogP contribution in [0.2, 0.25) is 0 Å². The Morgan fingerprint density at radius 1 is 1.20 bits per heavy atom. The highest BCUT2D eigenvalue weighted by molar-refractivity contribution is 6.06. The zero-order chi connectivity index (χ0) is 14.7. The van der Waals surface area contributed by atoms with Gasteiger partial charge in [-0.3, -0.25) is 4.79 Å². The van der Waals surface area contributed by atoms with Gasteiger partial charge in [0.15, 0.2) is 0 Å². The maximum absolute atomic E-state index is 13.8. The second-order valence-electron chi connectivity index (χ2n) is 4.42. The van der Waals surface area contributed by atoms with Gasteiger partial charge in [-0.15, -0.1) is 0 Å². The Labute approximate surface area is 116 Å². The summed E-state index contributed by atoms with van der Waals surface area (Å²) in [4.78, 5) is 12.0. The van der Waals surface area contributed by atoms with Crippen molar-refractivity contribution in [3.05, 3.63) is 53.3 Å². The van der Waals surface area contributed by atoms with Crippen molar-refractivity contribution >= 4 is 17.3 Å². The number of nitrogens with one attached hydrogen (secondary N) is 2. The third-order valence-electron chi connectivity index (χ3n) is 2.90. The molecule has 104 valence electrons. The fraction of sp³-hybridized carbons (Fsp3) is 0.133. The molecule has 0 aromatic heterocycles. The van der Waals surface area contributed by atoms with E-state index in [2.05, 4.69) is 10.6 Å². The first-order valence-electron chi connectivity index (χ1n) is 6.09. The predicted molar refractivity (Wildman–Crippen MR) is 76.7 cm³/mol. The molecule has 2 aromatic rings. The Bertz CT molecular complexity index is 656. The summed E-state index contributed by atoms with van der Waals surface area (Å²) in [6, 6.07) is 9.08. The van der Waals surface area contributed by atoms with Crippen LogP contribution in [0.4, 0.5) is 15.8 Å². The highest BCUT2D eigenvalue weighted by Crippen LogP contribution is 2.22. The number of carbonyl (C=O) groups excluding carboxylic acids is 1. The summed E-state index contributed by atoms with van der Waals surface area (Å²) in [7, 11) is 1.68. The molecule has 0 radical (unpaired) electrons. The van der Waals surface area contributed by atoms with Gasteiger partial charge in [-0.1, -0.05) is 6.07 Å². The number of rotatable bonds is 3. The van der Waals surface area contributed by atoms with E-state index in [4.69, 9.17) is 0 Å². The Morgan fingerprint density at radius 3 is 2.55 bits per heavy atom. The van der Waals surface area contributed by atoms with E-state index in [-0.39, 0.29) is 17.0 Å². The van der Waals surface area contributed by atoms with Crippen LogP contribution in [0.3, 0.4) is 0 Å². The number of phenols is 1. The molecule has 20 heavy (non-hydrogen) atoms. The van der Waals surface area contributed by atoms with Crippen LogP contribution < -0.4 is 10.6 Å². The summed E-state index contributed by atoms with van der Waals surface area (Å²) < 4.78 is 13.8. The molecular formula is C15H15FN2O2. The summed E-state index contributed by atoms with van der Waals surface area (Å²) in [5.41, 5.74) is 1.61. The van der Waals surface area contributed by atoms with Crippen LogP contribution >= 0.6 is 0 Å². The quantitative estimate of drug-likeness (QED) is 0.805. The highest BCUT2D eigenvalue weighted by Gasteiger charge is 2.13. The molecule has 2 rings (SSSR count). The normalized spacial score (nSPS) is 10.2. The van der Waals surface area contributed by atoms with Crippen molar-refractivity contribution < 1.29 is 14.3 Å². The molecule has 1 amide bonds. The number of hydrogen-bond donors (Lipinski definition) is 3. The fourth-order valence-electron chi connectivity index (χ4n) is 1.80. The first-order valence-corrected chi connectivity index (χ1v) is 6.09. The summed E-state index contributed by atoms with van der Waals surface area (Å²) in [6.07, 6.45) is 0. The van der Waals surface area contributed by atoms with Gasteiger partial charge in [-0.2, -0.15) is 0 Å². The van der Waals surface area contributed by atoms with E-state index in [1.165, 1.54) is 24.3 Å². The third kappa shape index (κ3) is 2.88. The highest BCUT2D eigenvalue weighted by atomic mass is 19.1. The zero-order valence-corrected chi connectivity index (χ0v) is 11.2. The van der Waals surface area contributed by atoms with Gasteiger partial charge in [0, 0.05) is 12.7 Å². The Balaban J connectivity index is 2.23. The lowest BCUT2D eigenvalue weighted by atomic mass is 10.1. The summed E-state index contributed by atoms with van der Waals surface area (Å²) >= 11 is 0. The van der Waals surface area contributed by atoms with E-state index in [0.717, 1.165) is 5.56 Å². The van der Waals surface area contributed by atoms with Crippen molar-refractivity contribution in [3.8, 4) is 5.75 Å². The van der Waals surface area contributed by atoms with Gasteiger partial charge < -0.3 is 15.7 Å². The van der Waals surface area contributed by atoms with Crippen LogP contribution in [0.25, 0.3) is 0 Å². The smallest absolute Gasteiger partial charge is 0.259 e. The molecule has 0 spiro atoms. The first kappa shape index (κ1) is 13.9. The van der Waals surface area contributed by atoms with Gasteiger partial charge in [0.2, 0.25) is 0 Å². The largest absolute Gasteiger partial charge is 0.507 e. The second-order valence-corrected chi connectivity index (χ2v) is 4.42. The van der Waals surface area contributed by atoms with Gasteiger partial charge in [0.05, 0.1) is 11.3 Å². The van der Waals surface area contributed by atoms with Gasteiger partial charge in [0.25, 0.3) is 5.91 Å². The fourth-order valence-corrected chi connectivity index (χ4v) is 1.80. The van der Waals surface area contributed by atoms with Crippen molar-refractivity contribution in [3.63, 3.8) is 0 Å². The van der Waals surface area contributed by atoms with Crippen LogP contribution in [0, 0.1) is 12.7 Å². The molecular weight excluding hydrogens is 259 g/mol. The molecule has 0 saturated heterocycles. The summed E-state index contributed by atoms with van der Waals surface area (Å²) in [5, 5.41) is 15.0. The molecule has 0 bridgehead atoms. The molecule has 0 fully saturated rings. The lowest BCUT2D eigenvalue weighted by Gasteiger charge is -2.09. The molecule has 2 aromatic carbocycles. The van der Waals surface area contributed by atoms with E-state index < -0.39 is 11.7 Å². The molecule has 0 heterocycles. The van der Waals surface area contributed by atoms with Crippen LogP contribution in [-0.4, -0.2) is 18.1 Å². The number of phenolic OH excluding ortho intramolecular Hbond substituents is 1. The van der Waals surface area contributed by atoms with E-state index in [1.54, 1.807) is 26.1 Å². The van der Waals surface area contributed by atoms with E-state index in [1.807, 2.05) is 0 Å². The van der Waals surface area contributed by atoms with E-state index >= 15 is 0 Å². The minimum Gasteiger partial charge on any atom is -0.507 e. The lowest BCUT2D eigenvalue weighted by molar-refractivity contribution is 0.102. The van der Waals surface area contributed by atoms with Crippen molar-refractivity contribution in [2.45, 2.75) is 6.92 Å². The molecule has 0 atom stereocenters. The maximum Gasteiger partial charge on any atom is 0.259 e. The number of benzene rings is 2. The maximum atomic E-state index is 13.8. The number of aryl methyl sites for hydroxylation is 1. The van der Waals surface area contributed by atoms with Gasteiger partial charge >= 0.3 is 0 Å². The van der Waals surface area contributed by atoms with Crippen molar-refractivity contribution in [1.82, 2.24) is 0 Å². The molecule has 0 saturated carbocycles. The predicted octanol–water partition coefficient (Wildman–Crippen LogP) is 3.13. The number of amides is 1. The minimum absolute atomic E-state index is 0.0639. The SMILES string of the molecule is CNc1ccc(NC(=O)c2ccc(C)cc2O)c(F)c1. The van der Waals surface area contributed by atoms with Crippen molar-refractivity contribution in [2.75, 3.05) is 17.7 Å². The van der Waals surface area contributed by atoms with Crippen LogP contribution in [0.5, 0.6) is 5.75 Å². The number of halogens is 1. The summed E-state index contributed by atoms with van der Waals surface area (Å²) in [5.74, 6) is -1.23. The van der Waals surface area contributed by atoms with Crippen LogP contribution in [0.1, 0.15) is 15.9 Å². The molecule has 5 heteroatoms. The average Bonchev–Trinajstić information content (AvgIpc) is 2.40. The average molecular weight is 274 g/mol. The lowest BCUT2D eigenvalue weighted by Crippen LogP contribution is -2.13. The van der Waals surface area contributed by atoms with Crippen LogP contribution in [-0.2, 0) is 0 Å². The molecule has 0 unspecified atom stereocenters. The van der Waals surface area contributed by atoms with E-state index in [0.29, 0.717) is 5.69 Å². The molecule has 0 aliphatic heterocycles. The molecule has 0 aliphatic carbocycles. The molecule has 4 nitrogen and oxygen atoms in total. The number of aromatic hydroxyl groups is 1. The Morgan fingerprint density at radius 2 is 1.95 bits per heavy atom. The standard InChI is InChI=1S/C15H15FN2O2/c1-9-3-5-11(14(19)7-9)15(20)18-13-6-4-10(17-2)8-12(13)16/h3-8,17,19H,1-2H3,(H,18,20). The molecule has 3 N–H and O–H groups in total. The van der Waals surface area contributed by atoms with Crippen LogP contribution in [0.15, 0.2) is 36.4 Å². The van der Waals surface area contributed by atoms with Gasteiger partial charge in [-0.05, 0) is 42.8 Å². The molecule has 0 aliphatic rings. The topological polar surface area (TPSA) is 61.4 Å². The number of hydrogen-bond acceptors (Lipinski definition) is 3. The Kier molecular flexibility index (Phi) is 3.89. The first-order chi connectivity index (χ1) is 9.51. The Hall–Kier alpha value is -2.56. The second kappa shape index (κ2) is 5.61. The number of anilines is 2. The third-order valence-corrected chi connectivity index (χ3v) is 2.90. The number of carbonyl (C=O) groups is 1. The monoisotopic (exact) mass is 274 g/mol. The minimum atomic E-state index is -0.557.